The Kier molecular flexibility index (Phi) is 4.70. The van der Waals surface area contributed by atoms with E-state index in [-0.39, 0.29) is 5.82 Å². The molecule has 0 amide bonds. The first-order valence-corrected chi connectivity index (χ1v) is 6.80. The first-order chi connectivity index (χ1) is 10.0. The Labute approximate surface area is 128 Å². The summed E-state index contributed by atoms with van der Waals surface area (Å²) in [5, 5.41) is 0.320. The summed E-state index contributed by atoms with van der Waals surface area (Å²) in [5.74, 6) is 0.553. The molecule has 0 heterocycles. The molecule has 0 aliphatic rings. The zero-order valence-electron chi connectivity index (χ0n) is 12.1. The highest BCUT2D eigenvalue weighted by Gasteiger charge is 2.21. The molecule has 3 nitrogen and oxygen atoms in total. The summed E-state index contributed by atoms with van der Waals surface area (Å²) in [6, 6.07) is 7.87. The zero-order valence-corrected chi connectivity index (χ0v) is 12.9. The summed E-state index contributed by atoms with van der Waals surface area (Å²) in [6.45, 7) is 1.70. The molecular weight excluding hydrogens is 293 g/mol. The maximum absolute atomic E-state index is 14.2. The molecule has 21 heavy (non-hydrogen) atoms. The van der Waals surface area contributed by atoms with Gasteiger partial charge in [0.2, 0.25) is 0 Å². The van der Waals surface area contributed by atoms with Crippen molar-refractivity contribution in [3.05, 3.63) is 57.9 Å². The predicted octanol–water partition coefficient (Wildman–Crippen LogP) is 3.85. The van der Waals surface area contributed by atoms with Crippen LogP contribution in [-0.2, 0) is 0 Å². The fourth-order valence-corrected chi connectivity index (χ4v) is 2.57. The van der Waals surface area contributed by atoms with Gasteiger partial charge in [-0.1, -0.05) is 29.8 Å². The van der Waals surface area contributed by atoms with Crippen LogP contribution in [0.15, 0.2) is 30.3 Å². The monoisotopic (exact) mass is 309 g/mol. The second-order valence-corrected chi connectivity index (χ2v) is 5.04. The molecule has 112 valence electrons. The average molecular weight is 310 g/mol. The maximum atomic E-state index is 14.2. The fraction of sp³-hybridized carbons (Fsp3) is 0.250. The number of hydrogen-bond acceptors (Lipinski definition) is 3. The van der Waals surface area contributed by atoms with E-state index in [1.165, 1.54) is 14.2 Å². The standard InChI is InChI=1S/C16H17ClFNO2/c1-9-5-4-6-10(14(9)18)15(19)11-7-8-12(20-2)13(17)16(11)21-3/h4-8,15H,19H2,1-3H3. The van der Waals surface area contributed by atoms with E-state index >= 15 is 0 Å². The molecule has 2 rings (SSSR count). The van der Waals surface area contributed by atoms with Gasteiger partial charge >= 0.3 is 0 Å². The maximum Gasteiger partial charge on any atom is 0.146 e. The van der Waals surface area contributed by atoms with Gasteiger partial charge in [0.25, 0.3) is 0 Å². The van der Waals surface area contributed by atoms with Gasteiger partial charge in [-0.05, 0) is 24.6 Å². The van der Waals surface area contributed by atoms with Crippen molar-refractivity contribution in [2.45, 2.75) is 13.0 Å². The van der Waals surface area contributed by atoms with E-state index in [1.54, 1.807) is 37.3 Å². The number of rotatable bonds is 4. The first kappa shape index (κ1) is 15.6. The smallest absolute Gasteiger partial charge is 0.146 e. The minimum absolute atomic E-state index is 0.320. The minimum Gasteiger partial charge on any atom is -0.495 e. The summed E-state index contributed by atoms with van der Waals surface area (Å²) in [6.07, 6.45) is 0. The second-order valence-electron chi connectivity index (χ2n) is 4.66. The summed E-state index contributed by atoms with van der Waals surface area (Å²) >= 11 is 6.22. The molecule has 0 aliphatic heterocycles. The number of hydrogen-bond donors (Lipinski definition) is 1. The van der Waals surface area contributed by atoms with Crippen LogP contribution < -0.4 is 15.2 Å². The molecule has 1 atom stereocenters. The minimum atomic E-state index is -0.678. The number of benzene rings is 2. The molecule has 0 spiro atoms. The van der Waals surface area contributed by atoms with E-state index in [0.29, 0.717) is 33.2 Å². The molecule has 0 saturated heterocycles. The highest BCUT2D eigenvalue weighted by molar-refractivity contribution is 6.33. The van der Waals surface area contributed by atoms with Crippen LogP contribution in [-0.4, -0.2) is 14.2 Å². The van der Waals surface area contributed by atoms with Crippen molar-refractivity contribution in [1.82, 2.24) is 0 Å². The third-order valence-corrected chi connectivity index (χ3v) is 3.77. The zero-order chi connectivity index (χ0) is 15.6. The van der Waals surface area contributed by atoms with Crippen LogP contribution in [0.25, 0.3) is 0 Å². The van der Waals surface area contributed by atoms with Gasteiger partial charge in [0.15, 0.2) is 0 Å². The van der Waals surface area contributed by atoms with Gasteiger partial charge < -0.3 is 15.2 Å². The van der Waals surface area contributed by atoms with Crippen molar-refractivity contribution in [3.8, 4) is 11.5 Å². The molecule has 0 fully saturated rings. The number of halogens is 2. The second kappa shape index (κ2) is 6.33. The quantitative estimate of drug-likeness (QED) is 0.933. The highest BCUT2D eigenvalue weighted by atomic mass is 35.5. The summed E-state index contributed by atoms with van der Waals surface area (Å²) in [4.78, 5) is 0. The largest absolute Gasteiger partial charge is 0.495 e. The van der Waals surface area contributed by atoms with Gasteiger partial charge in [-0.25, -0.2) is 4.39 Å². The van der Waals surface area contributed by atoms with E-state index in [0.717, 1.165) is 0 Å². The number of methoxy groups -OCH3 is 2. The summed E-state index contributed by atoms with van der Waals surface area (Å²) in [5.41, 5.74) is 7.75. The van der Waals surface area contributed by atoms with Crippen LogP contribution in [0.3, 0.4) is 0 Å². The molecule has 2 N–H and O–H groups in total. The van der Waals surface area contributed by atoms with E-state index in [1.807, 2.05) is 0 Å². The van der Waals surface area contributed by atoms with Crippen molar-refractivity contribution in [3.63, 3.8) is 0 Å². The number of ether oxygens (including phenoxy) is 2. The van der Waals surface area contributed by atoms with Crippen LogP contribution in [0, 0.1) is 12.7 Å². The van der Waals surface area contributed by atoms with Gasteiger partial charge in [-0.15, -0.1) is 0 Å². The van der Waals surface area contributed by atoms with Crippen LogP contribution in [0.1, 0.15) is 22.7 Å². The van der Waals surface area contributed by atoms with Gasteiger partial charge in [-0.3, -0.25) is 0 Å². The van der Waals surface area contributed by atoms with Crippen molar-refractivity contribution in [1.29, 1.82) is 0 Å². The molecule has 0 aromatic heterocycles. The fourth-order valence-electron chi connectivity index (χ4n) is 2.24. The van der Waals surface area contributed by atoms with E-state index in [2.05, 4.69) is 0 Å². The lowest BCUT2D eigenvalue weighted by Crippen LogP contribution is -2.15. The topological polar surface area (TPSA) is 44.5 Å². The molecule has 2 aromatic rings. The summed E-state index contributed by atoms with van der Waals surface area (Å²) < 4.78 is 24.7. The van der Waals surface area contributed by atoms with E-state index in [9.17, 15) is 4.39 Å². The Balaban J connectivity index is 2.56. The Hall–Kier alpha value is -1.78. The van der Waals surface area contributed by atoms with Gasteiger partial charge in [-0.2, -0.15) is 0 Å². The van der Waals surface area contributed by atoms with Crippen LogP contribution >= 0.6 is 11.6 Å². The molecule has 0 aliphatic carbocycles. The Morgan fingerprint density at radius 3 is 2.43 bits per heavy atom. The van der Waals surface area contributed by atoms with Crippen LogP contribution in [0.2, 0.25) is 5.02 Å². The van der Waals surface area contributed by atoms with E-state index < -0.39 is 6.04 Å². The normalized spacial score (nSPS) is 12.1. The highest BCUT2D eigenvalue weighted by Crippen LogP contribution is 2.40. The number of aryl methyl sites for hydroxylation is 1. The van der Waals surface area contributed by atoms with Gasteiger partial charge in [0.05, 0.1) is 20.3 Å². The van der Waals surface area contributed by atoms with Crippen molar-refractivity contribution < 1.29 is 13.9 Å². The molecular formula is C16H17ClFNO2. The molecule has 0 radical (unpaired) electrons. The van der Waals surface area contributed by atoms with Gasteiger partial charge in [0.1, 0.15) is 22.3 Å². The third kappa shape index (κ3) is 2.82. The third-order valence-electron chi connectivity index (χ3n) is 3.41. The molecule has 5 heteroatoms. The lowest BCUT2D eigenvalue weighted by molar-refractivity contribution is 0.390. The first-order valence-electron chi connectivity index (χ1n) is 6.42. The molecule has 0 saturated carbocycles. The lowest BCUT2D eigenvalue weighted by atomic mass is 9.96. The van der Waals surface area contributed by atoms with Crippen molar-refractivity contribution >= 4 is 11.6 Å². The molecule has 1 unspecified atom stereocenters. The average Bonchev–Trinajstić information content (AvgIpc) is 2.49. The Bertz CT molecular complexity index is 661. The van der Waals surface area contributed by atoms with Crippen LogP contribution in [0.5, 0.6) is 11.5 Å². The number of nitrogens with two attached hydrogens (primary N) is 1. The molecule has 2 aromatic carbocycles. The van der Waals surface area contributed by atoms with Crippen LogP contribution in [0.4, 0.5) is 4.39 Å². The Morgan fingerprint density at radius 2 is 1.81 bits per heavy atom. The van der Waals surface area contributed by atoms with Gasteiger partial charge in [0, 0.05) is 11.1 Å². The Morgan fingerprint density at radius 1 is 1.10 bits per heavy atom. The SMILES string of the molecule is COc1ccc(C(N)c2cccc(C)c2F)c(OC)c1Cl. The van der Waals surface area contributed by atoms with Crippen molar-refractivity contribution in [2.24, 2.45) is 5.73 Å². The predicted molar refractivity (Wildman–Crippen MR) is 81.7 cm³/mol. The van der Waals surface area contributed by atoms with Crippen molar-refractivity contribution in [2.75, 3.05) is 14.2 Å². The lowest BCUT2D eigenvalue weighted by Gasteiger charge is -2.19. The van der Waals surface area contributed by atoms with E-state index in [4.69, 9.17) is 26.8 Å². The summed E-state index contributed by atoms with van der Waals surface area (Å²) in [7, 11) is 3.00. The molecule has 0 bridgehead atoms.